The van der Waals surface area contributed by atoms with E-state index in [4.69, 9.17) is 5.11 Å². The Hall–Kier alpha value is -1.20. The topological polar surface area (TPSA) is 35.5 Å². The second-order valence-corrected chi connectivity index (χ2v) is 3.89. The van der Waals surface area contributed by atoms with E-state index in [2.05, 4.69) is 5.32 Å². The van der Waals surface area contributed by atoms with Crippen molar-refractivity contribution in [3.05, 3.63) is 29.3 Å². The average molecular weight is 230 g/mol. The van der Waals surface area contributed by atoms with Crippen LogP contribution in [0.4, 0.5) is 8.78 Å². The highest BCUT2D eigenvalue weighted by Gasteiger charge is 2.08. The summed E-state index contributed by atoms with van der Waals surface area (Å²) in [5, 5.41) is 11.9. The predicted octanol–water partition coefficient (Wildman–Crippen LogP) is 1.32. The van der Waals surface area contributed by atoms with E-state index < -0.39 is 17.4 Å². The molecule has 1 aromatic rings. The van der Waals surface area contributed by atoms with Crippen molar-refractivity contribution in [3.8, 4) is 5.75 Å². The maximum Gasteiger partial charge on any atom is 0.187 e. The average Bonchev–Trinajstić information content (AvgIpc) is 2.20. The van der Waals surface area contributed by atoms with E-state index in [9.17, 15) is 8.78 Å². The molecule has 0 radical (unpaired) electrons. The van der Waals surface area contributed by atoms with Crippen molar-refractivity contribution >= 4 is 0 Å². The summed E-state index contributed by atoms with van der Waals surface area (Å²) >= 11 is 0. The van der Waals surface area contributed by atoms with Gasteiger partial charge in [0, 0.05) is 19.6 Å². The standard InChI is InChI=1S/C11H16F2N2O/c1-15(2)4-3-14-7-8-5-9(12)11(16)10(13)6-8/h5-6,14,16H,3-4,7H2,1-2H3. The molecule has 0 aliphatic heterocycles. The van der Waals surface area contributed by atoms with Gasteiger partial charge in [0.15, 0.2) is 17.4 Å². The number of hydrogen-bond donors (Lipinski definition) is 2. The highest BCUT2D eigenvalue weighted by molar-refractivity contribution is 5.29. The molecule has 0 spiro atoms. The highest BCUT2D eigenvalue weighted by Crippen LogP contribution is 2.21. The molecule has 3 nitrogen and oxygen atoms in total. The molecule has 0 aliphatic carbocycles. The largest absolute Gasteiger partial charge is 0.503 e. The Morgan fingerprint density at radius 1 is 1.25 bits per heavy atom. The number of nitrogens with zero attached hydrogens (tertiary/aromatic N) is 1. The van der Waals surface area contributed by atoms with Crippen LogP contribution in [-0.2, 0) is 6.54 Å². The first-order valence-electron chi connectivity index (χ1n) is 5.03. The Kier molecular flexibility index (Phi) is 4.64. The van der Waals surface area contributed by atoms with Crippen LogP contribution in [0.25, 0.3) is 0 Å². The van der Waals surface area contributed by atoms with Gasteiger partial charge in [-0.1, -0.05) is 0 Å². The molecule has 0 unspecified atom stereocenters. The zero-order valence-electron chi connectivity index (χ0n) is 9.43. The minimum atomic E-state index is -0.926. The van der Waals surface area contributed by atoms with Crippen LogP contribution < -0.4 is 5.32 Å². The first kappa shape index (κ1) is 12.9. The highest BCUT2D eigenvalue weighted by atomic mass is 19.1. The van der Waals surface area contributed by atoms with Crippen LogP contribution in [-0.4, -0.2) is 37.2 Å². The fraction of sp³-hybridized carbons (Fsp3) is 0.455. The number of aromatic hydroxyl groups is 1. The summed E-state index contributed by atoms with van der Waals surface area (Å²) < 4.78 is 25.9. The fourth-order valence-electron chi connectivity index (χ4n) is 1.26. The summed E-state index contributed by atoms with van der Waals surface area (Å²) in [4.78, 5) is 2.00. The maximum atomic E-state index is 13.0. The van der Waals surface area contributed by atoms with E-state index in [-0.39, 0.29) is 0 Å². The molecule has 1 rings (SSSR count). The first-order chi connectivity index (χ1) is 7.50. The van der Waals surface area contributed by atoms with Gasteiger partial charge in [0.2, 0.25) is 0 Å². The first-order valence-corrected chi connectivity index (χ1v) is 5.03. The Labute approximate surface area is 93.7 Å². The van der Waals surface area contributed by atoms with Crippen molar-refractivity contribution in [2.45, 2.75) is 6.54 Å². The van der Waals surface area contributed by atoms with Gasteiger partial charge < -0.3 is 15.3 Å². The lowest BCUT2D eigenvalue weighted by Crippen LogP contribution is -2.26. The van der Waals surface area contributed by atoms with Gasteiger partial charge in [0.05, 0.1) is 0 Å². The Morgan fingerprint density at radius 3 is 2.31 bits per heavy atom. The number of halogens is 2. The quantitative estimate of drug-likeness (QED) is 0.749. The lowest BCUT2D eigenvalue weighted by Gasteiger charge is -2.10. The number of hydrogen-bond acceptors (Lipinski definition) is 3. The molecular weight excluding hydrogens is 214 g/mol. The van der Waals surface area contributed by atoms with Crippen molar-refractivity contribution < 1.29 is 13.9 Å². The van der Waals surface area contributed by atoms with Crippen LogP contribution in [0.5, 0.6) is 5.75 Å². The minimum absolute atomic E-state index is 0.377. The summed E-state index contributed by atoms with van der Waals surface area (Å²) in [6, 6.07) is 2.25. The summed E-state index contributed by atoms with van der Waals surface area (Å²) in [7, 11) is 3.89. The van der Waals surface area contributed by atoms with Gasteiger partial charge in [0.1, 0.15) is 0 Å². The molecule has 0 heterocycles. The van der Waals surface area contributed by atoms with Crippen molar-refractivity contribution in [2.75, 3.05) is 27.2 Å². The molecule has 2 N–H and O–H groups in total. The van der Waals surface area contributed by atoms with Gasteiger partial charge in [-0.05, 0) is 31.8 Å². The van der Waals surface area contributed by atoms with Crippen LogP contribution in [0, 0.1) is 11.6 Å². The van der Waals surface area contributed by atoms with Crippen molar-refractivity contribution in [2.24, 2.45) is 0 Å². The molecule has 0 atom stereocenters. The molecule has 0 saturated heterocycles. The zero-order valence-corrected chi connectivity index (χ0v) is 9.43. The van der Waals surface area contributed by atoms with Gasteiger partial charge in [-0.3, -0.25) is 0 Å². The van der Waals surface area contributed by atoms with Gasteiger partial charge in [0.25, 0.3) is 0 Å². The van der Waals surface area contributed by atoms with Crippen LogP contribution in [0.3, 0.4) is 0 Å². The van der Waals surface area contributed by atoms with Crippen LogP contribution in [0.2, 0.25) is 0 Å². The molecule has 0 amide bonds. The molecule has 0 aromatic heterocycles. The van der Waals surface area contributed by atoms with Crippen molar-refractivity contribution in [1.82, 2.24) is 10.2 Å². The van der Waals surface area contributed by atoms with Crippen molar-refractivity contribution in [1.29, 1.82) is 0 Å². The summed E-state index contributed by atoms with van der Waals surface area (Å²) in [6.45, 7) is 1.96. The number of rotatable bonds is 5. The lowest BCUT2D eigenvalue weighted by molar-refractivity contribution is 0.392. The molecular formula is C11H16F2N2O. The fourth-order valence-corrected chi connectivity index (χ4v) is 1.26. The Bertz CT molecular complexity index is 333. The van der Waals surface area contributed by atoms with Gasteiger partial charge in [-0.2, -0.15) is 0 Å². The summed E-state index contributed by atoms with van der Waals surface area (Å²) in [5.74, 6) is -2.77. The molecule has 0 aliphatic rings. The summed E-state index contributed by atoms with van der Waals surface area (Å²) in [5.41, 5.74) is 0.478. The third-order valence-corrected chi connectivity index (χ3v) is 2.14. The van der Waals surface area contributed by atoms with Gasteiger partial charge in [-0.15, -0.1) is 0 Å². The molecule has 90 valence electrons. The molecule has 1 aromatic carbocycles. The number of phenolic OH excluding ortho intramolecular Hbond substituents is 1. The van der Waals surface area contributed by atoms with Crippen LogP contribution >= 0.6 is 0 Å². The number of benzene rings is 1. The molecule has 0 bridgehead atoms. The minimum Gasteiger partial charge on any atom is -0.503 e. The Morgan fingerprint density at radius 2 is 1.81 bits per heavy atom. The number of likely N-dealkylation sites (N-methyl/N-ethyl adjacent to an activating group) is 1. The zero-order chi connectivity index (χ0) is 12.1. The Balaban J connectivity index is 2.49. The van der Waals surface area contributed by atoms with Crippen molar-refractivity contribution in [3.63, 3.8) is 0 Å². The van der Waals surface area contributed by atoms with Gasteiger partial charge >= 0.3 is 0 Å². The van der Waals surface area contributed by atoms with Crippen LogP contribution in [0.1, 0.15) is 5.56 Å². The molecule has 0 saturated carbocycles. The third kappa shape index (κ3) is 3.75. The van der Waals surface area contributed by atoms with E-state index >= 15 is 0 Å². The van der Waals surface area contributed by atoms with E-state index in [1.54, 1.807) is 0 Å². The maximum absolute atomic E-state index is 13.0. The predicted molar refractivity (Wildman–Crippen MR) is 58.3 cm³/mol. The second-order valence-electron chi connectivity index (χ2n) is 3.89. The van der Waals surface area contributed by atoms with E-state index in [1.807, 2.05) is 19.0 Å². The normalized spacial score (nSPS) is 11.1. The van der Waals surface area contributed by atoms with E-state index in [1.165, 1.54) is 0 Å². The lowest BCUT2D eigenvalue weighted by atomic mass is 10.2. The number of phenols is 1. The SMILES string of the molecule is CN(C)CCNCc1cc(F)c(O)c(F)c1. The number of nitrogens with one attached hydrogen (secondary N) is 1. The van der Waals surface area contributed by atoms with E-state index in [0.29, 0.717) is 12.1 Å². The molecule has 16 heavy (non-hydrogen) atoms. The van der Waals surface area contributed by atoms with Crippen LogP contribution in [0.15, 0.2) is 12.1 Å². The molecule has 5 heteroatoms. The van der Waals surface area contributed by atoms with E-state index in [0.717, 1.165) is 25.2 Å². The monoisotopic (exact) mass is 230 g/mol. The smallest absolute Gasteiger partial charge is 0.187 e. The molecule has 0 fully saturated rings. The third-order valence-electron chi connectivity index (χ3n) is 2.14. The summed E-state index contributed by atoms with van der Waals surface area (Å²) in [6.07, 6.45) is 0. The van der Waals surface area contributed by atoms with Gasteiger partial charge in [-0.25, -0.2) is 8.78 Å². The second kappa shape index (κ2) is 5.77.